The van der Waals surface area contributed by atoms with Gasteiger partial charge >= 0.3 is 11.9 Å². The molecule has 1 unspecified atom stereocenters. The van der Waals surface area contributed by atoms with Crippen LogP contribution in [0.1, 0.15) is 22.3 Å². The minimum absolute atomic E-state index is 0.0147. The zero-order valence-electron chi connectivity index (χ0n) is 19.3. The molecule has 1 aliphatic rings. The van der Waals surface area contributed by atoms with Crippen LogP contribution in [0.25, 0.3) is 0 Å². The average Bonchev–Trinajstić information content (AvgIpc) is 3.31. The number of carbonyl (C=O) groups excluding carboxylic acids is 3. The van der Waals surface area contributed by atoms with Crippen molar-refractivity contribution in [2.24, 2.45) is 11.8 Å². The van der Waals surface area contributed by atoms with Crippen LogP contribution in [0.5, 0.6) is 0 Å². The summed E-state index contributed by atoms with van der Waals surface area (Å²) in [5, 5.41) is 24.3. The summed E-state index contributed by atoms with van der Waals surface area (Å²) in [5.41, 5.74) is -0.404. The summed E-state index contributed by atoms with van der Waals surface area (Å²) >= 11 is 3.77. The van der Waals surface area contributed by atoms with Crippen molar-refractivity contribution in [3.8, 4) is 0 Å². The lowest BCUT2D eigenvalue weighted by atomic mass is 9.90. The van der Waals surface area contributed by atoms with Gasteiger partial charge in [-0.3, -0.25) is 29.1 Å². The summed E-state index contributed by atoms with van der Waals surface area (Å²) in [6.45, 7) is -0.207. The molecule has 0 aromatic heterocycles. The van der Waals surface area contributed by atoms with Crippen LogP contribution in [0, 0.1) is 22.0 Å². The molecule has 202 valence electrons. The summed E-state index contributed by atoms with van der Waals surface area (Å²) in [6.07, 6.45) is -0.0147. The molecular weight excluding hydrogens is 546 g/mol. The van der Waals surface area contributed by atoms with E-state index in [9.17, 15) is 47.4 Å². The molecule has 14 nitrogen and oxygen atoms in total. The number of nitro groups is 1. The van der Waals surface area contributed by atoms with Crippen molar-refractivity contribution in [2.45, 2.75) is 24.0 Å². The Labute approximate surface area is 220 Å². The number of rotatable bonds is 10. The highest BCUT2D eigenvalue weighted by Gasteiger charge is 2.41. The third-order valence-electron chi connectivity index (χ3n) is 5.72. The lowest BCUT2D eigenvalue weighted by molar-refractivity contribution is -0.384. The zero-order valence-corrected chi connectivity index (χ0v) is 21.0. The first-order valence-corrected chi connectivity index (χ1v) is 12.7. The zero-order chi connectivity index (χ0) is 28.2. The van der Waals surface area contributed by atoms with Crippen LogP contribution >= 0.6 is 12.6 Å². The van der Waals surface area contributed by atoms with Gasteiger partial charge in [-0.15, -0.1) is 12.6 Å². The second kappa shape index (κ2) is 11.7. The first kappa shape index (κ1) is 28.7. The molecule has 0 bridgehead atoms. The highest BCUT2D eigenvalue weighted by Crippen LogP contribution is 2.28. The Morgan fingerprint density at radius 3 is 2.39 bits per heavy atom. The van der Waals surface area contributed by atoms with Crippen LogP contribution in [0.3, 0.4) is 0 Å². The summed E-state index contributed by atoms with van der Waals surface area (Å²) in [6, 6.07) is 6.92. The number of amides is 1. The van der Waals surface area contributed by atoms with Gasteiger partial charge in [0.1, 0.15) is 12.5 Å². The fraction of sp³-hybridized carbons (Fsp3) is 0.273. The molecule has 0 saturated carbocycles. The molecule has 4 N–H and O–H groups in total. The summed E-state index contributed by atoms with van der Waals surface area (Å²) < 4.78 is 37.4. The van der Waals surface area contributed by atoms with Crippen molar-refractivity contribution in [3.63, 3.8) is 0 Å². The van der Waals surface area contributed by atoms with Gasteiger partial charge in [-0.05, 0) is 48.2 Å². The topological polar surface area (TPSA) is 219 Å². The Morgan fingerprint density at radius 2 is 1.84 bits per heavy atom. The average molecular weight is 568 g/mol. The first-order valence-electron chi connectivity index (χ1n) is 10.8. The predicted octanol–water partition coefficient (Wildman–Crippen LogP) is 1.27. The van der Waals surface area contributed by atoms with Crippen LogP contribution in [0.2, 0.25) is 0 Å². The van der Waals surface area contributed by atoms with Gasteiger partial charge in [0.15, 0.2) is 5.12 Å². The SMILES string of the molecule is O=C(O)c1cc(NC(=O)C2C[C@@H]([C@H](C(=O)S)C(=O)OCc3ccc([N+](=O)[O-])cc3)CN2)cc(S(=O)(=O)O)c1. The summed E-state index contributed by atoms with van der Waals surface area (Å²) in [4.78, 5) is 58.3. The number of esters is 1. The van der Waals surface area contributed by atoms with E-state index in [0.717, 1.165) is 18.2 Å². The number of carboxylic acid groups (broad SMARTS) is 1. The fourth-order valence-corrected chi connectivity index (χ4v) is 4.71. The number of benzene rings is 2. The molecule has 3 atom stereocenters. The van der Waals surface area contributed by atoms with Gasteiger partial charge in [0.25, 0.3) is 15.8 Å². The monoisotopic (exact) mass is 567 g/mol. The molecule has 1 aliphatic heterocycles. The minimum Gasteiger partial charge on any atom is -0.478 e. The molecule has 1 fully saturated rings. The van der Waals surface area contributed by atoms with Crippen molar-refractivity contribution < 1.29 is 46.9 Å². The van der Waals surface area contributed by atoms with E-state index in [1.165, 1.54) is 24.3 Å². The molecule has 3 rings (SSSR count). The number of nitrogens with zero attached hydrogens (tertiary/aromatic N) is 1. The minimum atomic E-state index is -4.76. The molecule has 1 amide bonds. The number of carboxylic acids is 1. The summed E-state index contributed by atoms with van der Waals surface area (Å²) in [5.74, 6) is -5.13. The van der Waals surface area contributed by atoms with Crippen molar-refractivity contribution in [1.82, 2.24) is 5.32 Å². The van der Waals surface area contributed by atoms with Crippen LogP contribution in [-0.4, -0.2) is 58.5 Å². The van der Waals surface area contributed by atoms with Crippen molar-refractivity contribution in [3.05, 3.63) is 63.7 Å². The van der Waals surface area contributed by atoms with E-state index in [-0.39, 0.29) is 30.9 Å². The first-order chi connectivity index (χ1) is 17.8. The Balaban J connectivity index is 1.66. The second-order valence-electron chi connectivity index (χ2n) is 8.32. The van der Waals surface area contributed by atoms with Crippen LogP contribution < -0.4 is 10.6 Å². The van der Waals surface area contributed by atoms with Crippen molar-refractivity contribution in [2.75, 3.05) is 11.9 Å². The van der Waals surface area contributed by atoms with Gasteiger partial charge in [-0.1, -0.05) is 0 Å². The maximum absolute atomic E-state index is 12.7. The molecule has 0 aliphatic carbocycles. The number of carbonyl (C=O) groups is 4. The molecular formula is C22H21N3O11S2. The molecule has 0 radical (unpaired) electrons. The third kappa shape index (κ3) is 7.12. The smallest absolute Gasteiger partial charge is 0.335 e. The Hall–Kier alpha value is -3.86. The Kier molecular flexibility index (Phi) is 8.82. The van der Waals surface area contributed by atoms with Crippen molar-refractivity contribution >= 4 is 57.1 Å². The second-order valence-corrected chi connectivity index (χ2v) is 10.2. The lowest BCUT2D eigenvalue weighted by Gasteiger charge is -2.18. The van der Waals surface area contributed by atoms with Gasteiger partial charge in [0.05, 0.1) is 21.4 Å². The maximum atomic E-state index is 12.7. The Morgan fingerprint density at radius 1 is 1.18 bits per heavy atom. The number of nitro benzene ring substituents is 1. The van der Waals surface area contributed by atoms with Gasteiger partial charge in [-0.2, -0.15) is 8.42 Å². The van der Waals surface area contributed by atoms with Gasteiger partial charge in [0, 0.05) is 24.4 Å². The highest BCUT2D eigenvalue weighted by molar-refractivity contribution is 7.96. The van der Waals surface area contributed by atoms with E-state index in [4.69, 9.17) is 4.74 Å². The Bertz CT molecular complexity index is 1390. The molecule has 2 aromatic carbocycles. The number of aromatic carboxylic acids is 1. The van der Waals surface area contributed by atoms with E-state index in [0.29, 0.717) is 5.56 Å². The fourth-order valence-electron chi connectivity index (χ4n) is 3.84. The van der Waals surface area contributed by atoms with Crippen molar-refractivity contribution in [1.29, 1.82) is 0 Å². The summed E-state index contributed by atoms with van der Waals surface area (Å²) in [7, 11) is -4.76. The predicted molar refractivity (Wildman–Crippen MR) is 132 cm³/mol. The lowest BCUT2D eigenvalue weighted by Crippen LogP contribution is -2.35. The number of hydrogen-bond donors (Lipinski definition) is 5. The molecule has 1 saturated heterocycles. The van der Waals surface area contributed by atoms with E-state index in [2.05, 4.69) is 23.3 Å². The number of ether oxygens (including phenoxy) is 1. The maximum Gasteiger partial charge on any atom is 0.335 e. The number of thiol groups is 1. The van der Waals surface area contributed by atoms with Gasteiger partial charge in [0.2, 0.25) is 5.91 Å². The van der Waals surface area contributed by atoms with E-state index >= 15 is 0 Å². The van der Waals surface area contributed by atoms with Gasteiger partial charge < -0.3 is 20.5 Å². The number of hydrogen-bond acceptors (Lipinski definition) is 10. The number of anilines is 1. The van der Waals surface area contributed by atoms with E-state index in [1.54, 1.807) is 0 Å². The van der Waals surface area contributed by atoms with E-state index < -0.39 is 66.3 Å². The number of non-ortho nitro benzene ring substituents is 1. The van der Waals surface area contributed by atoms with Gasteiger partial charge in [-0.25, -0.2) is 4.79 Å². The molecule has 1 heterocycles. The third-order valence-corrected chi connectivity index (χ3v) is 6.83. The van der Waals surface area contributed by atoms with Crippen LogP contribution in [0.4, 0.5) is 11.4 Å². The standard InChI is InChI=1S/C22H21N3O11S2/c26-19(24-14-5-12(20(27)28)6-16(8-14)38(33,34)35)17-7-13(9-23-17)18(22(30)37)21(29)36-10-11-1-3-15(4-2-11)25(31)32/h1-6,8,13,17-18,23H,7,9-10H2,(H,24,26)(H,27,28)(H,30,37)(H,33,34,35)/t13-,17?,18+/m1/s1. The number of nitrogens with one attached hydrogen (secondary N) is 2. The molecule has 0 spiro atoms. The van der Waals surface area contributed by atoms with Crippen LogP contribution in [0.15, 0.2) is 47.4 Å². The largest absolute Gasteiger partial charge is 0.478 e. The highest BCUT2D eigenvalue weighted by atomic mass is 32.2. The normalized spacial score (nSPS) is 17.8. The molecule has 16 heteroatoms. The molecule has 2 aromatic rings. The van der Waals surface area contributed by atoms with E-state index in [1.807, 2.05) is 0 Å². The quantitative estimate of drug-likeness (QED) is 0.0684. The molecule has 38 heavy (non-hydrogen) atoms. The van der Waals surface area contributed by atoms with Crippen LogP contribution in [-0.2, 0) is 35.8 Å².